The van der Waals surface area contributed by atoms with Crippen LogP contribution in [0.25, 0.3) is 0 Å². The molecule has 68 valence electrons. The van der Waals surface area contributed by atoms with Crippen molar-refractivity contribution in [1.29, 1.82) is 0 Å². The van der Waals surface area contributed by atoms with E-state index in [2.05, 4.69) is 42.7 Å². The molecule has 0 saturated heterocycles. The fraction of sp³-hybridized carbons (Fsp3) is 0.273. The molecule has 1 aromatic rings. The molecule has 0 spiro atoms. The van der Waals surface area contributed by atoms with E-state index in [1.165, 1.54) is 10.6 Å². The summed E-state index contributed by atoms with van der Waals surface area (Å²) in [5.41, 5.74) is 1.35. The zero-order valence-corrected chi connectivity index (χ0v) is 8.55. The number of fused-ring (bicyclic) bond motifs is 1. The van der Waals surface area contributed by atoms with Crippen molar-refractivity contribution in [2.75, 3.05) is 11.4 Å². The van der Waals surface area contributed by atoms with Crippen molar-refractivity contribution in [3.05, 3.63) is 36.9 Å². The predicted octanol–water partition coefficient (Wildman–Crippen LogP) is 3.13. The lowest BCUT2D eigenvalue weighted by Gasteiger charge is -2.21. The number of para-hydroxylation sites is 1. The van der Waals surface area contributed by atoms with Crippen molar-refractivity contribution in [2.24, 2.45) is 0 Å². The van der Waals surface area contributed by atoms with Crippen molar-refractivity contribution >= 4 is 17.4 Å². The Morgan fingerprint density at radius 1 is 1.54 bits per heavy atom. The molecule has 1 nitrogen and oxygen atoms in total. The maximum absolute atomic E-state index is 3.86. The highest BCUT2D eigenvalue weighted by molar-refractivity contribution is 8.00. The molecule has 0 bridgehead atoms. The van der Waals surface area contributed by atoms with Gasteiger partial charge < -0.3 is 4.90 Å². The molecule has 0 radical (unpaired) electrons. The van der Waals surface area contributed by atoms with Crippen LogP contribution in [0.4, 0.5) is 5.69 Å². The summed E-state index contributed by atoms with van der Waals surface area (Å²) >= 11 is 1.88. The largest absolute Gasteiger partial charge is 0.355 e. The molecule has 0 aliphatic carbocycles. The average Bonchev–Trinajstić information content (AvgIpc) is 2.55. The van der Waals surface area contributed by atoms with Gasteiger partial charge in [-0.2, -0.15) is 0 Å². The third-order valence-electron chi connectivity index (χ3n) is 2.27. The van der Waals surface area contributed by atoms with E-state index >= 15 is 0 Å². The van der Waals surface area contributed by atoms with Crippen LogP contribution in [-0.4, -0.2) is 11.9 Å². The van der Waals surface area contributed by atoms with E-state index in [0.717, 1.165) is 6.54 Å². The zero-order valence-electron chi connectivity index (χ0n) is 7.73. The van der Waals surface area contributed by atoms with Gasteiger partial charge in [0.2, 0.25) is 0 Å². The molecule has 0 amide bonds. The van der Waals surface area contributed by atoms with Gasteiger partial charge in [-0.3, -0.25) is 0 Å². The van der Waals surface area contributed by atoms with Crippen molar-refractivity contribution < 1.29 is 0 Å². The predicted molar refractivity (Wildman–Crippen MR) is 59.3 cm³/mol. The summed E-state index contributed by atoms with van der Waals surface area (Å²) in [5, 5.41) is 0.419. The van der Waals surface area contributed by atoms with Crippen LogP contribution in [0.1, 0.15) is 6.92 Å². The van der Waals surface area contributed by atoms with Crippen molar-refractivity contribution in [2.45, 2.75) is 17.2 Å². The Balaban J connectivity index is 2.39. The highest BCUT2D eigenvalue weighted by atomic mass is 32.2. The summed E-state index contributed by atoms with van der Waals surface area (Å²) < 4.78 is 0. The molecule has 13 heavy (non-hydrogen) atoms. The van der Waals surface area contributed by atoms with Gasteiger partial charge in [0.05, 0.1) is 11.1 Å². The molecule has 1 heterocycles. The molecule has 2 heteroatoms. The smallest absolute Gasteiger partial charge is 0.0980 e. The number of thioether (sulfide) groups is 1. The molecule has 1 atom stereocenters. The number of anilines is 1. The summed E-state index contributed by atoms with van der Waals surface area (Å²) in [6.45, 7) is 7.08. The molecule has 1 aromatic carbocycles. The fourth-order valence-corrected chi connectivity index (χ4v) is 2.86. The second-order valence-electron chi connectivity index (χ2n) is 3.00. The number of benzene rings is 1. The summed E-state index contributed by atoms with van der Waals surface area (Å²) in [6.07, 6.45) is 2.01. The number of hydrogen-bond acceptors (Lipinski definition) is 2. The second kappa shape index (κ2) is 3.46. The maximum atomic E-state index is 3.86. The van der Waals surface area contributed by atoms with Crippen LogP contribution in [0.2, 0.25) is 0 Å². The van der Waals surface area contributed by atoms with Gasteiger partial charge in [-0.15, -0.1) is 6.58 Å². The highest BCUT2D eigenvalue weighted by Gasteiger charge is 2.25. The van der Waals surface area contributed by atoms with E-state index in [1.54, 1.807) is 0 Å². The van der Waals surface area contributed by atoms with Crippen LogP contribution < -0.4 is 4.90 Å². The molecule has 1 aliphatic rings. The molecule has 0 N–H and O–H groups in total. The van der Waals surface area contributed by atoms with E-state index < -0.39 is 0 Å². The number of hydrogen-bond donors (Lipinski definition) is 0. The third-order valence-corrected chi connectivity index (χ3v) is 3.56. The summed E-state index contributed by atoms with van der Waals surface area (Å²) in [7, 11) is 0. The SMILES string of the molecule is C=CC1Sc2ccccc2N1CC. The first kappa shape index (κ1) is 8.70. The van der Waals surface area contributed by atoms with E-state index in [-0.39, 0.29) is 0 Å². The Labute approximate surface area is 83.4 Å². The fourth-order valence-electron chi connectivity index (χ4n) is 1.65. The van der Waals surface area contributed by atoms with Crippen molar-refractivity contribution in [3.63, 3.8) is 0 Å². The molecule has 0 fully saturated rings. The lowest BCUT2D eigenvalue weighted by Crippen LogP contribution is -2.26. The first-order valence-corrected chi connectivity index (χ1v) is 5.39. The Bertz CT molecular complexity index is 322. The van der Waals surface area contributed by atoms with E-state index in [1.807, 2.05) is 17.8 Å². The summed E-state index contributed by atoms with van der Waals surface area (Å²) in [6, 6.07) is 8.53. The first-order valence-electron chi connectivity index (χ1n) is 4.51. The monoisotopic (exact) mass is 191 g/mol. The Kier molecular flexibility index (Phi) is 2.32. The van der Waals surface area contributed by atoms with Gasteiger partial charge in [0.1, 0.15) is 0 Å². The van der Waals surface area contributed by atoms with E-state index in [9.17, 15) is 0 Å². The van der Waals surface area contributed by atoms with Crippen LogP contribution >= 0.6 is 11.8 Å². The van der Waals surface area contributed by atoms with Crippen molar-refractivity contribution in [3.8, 4) is 0 Å². The minimum absolute atomic E-state index is 0.419. The van der Waals surface area contributed by atoms with Gasteiger partial charge in [0.15, 0.2) is 0 Å². The van der Waals surface area contributed by atoms with Crippen LogP contribution in [0.15, 0.2) is 41.8 Å². The summed E-state index contributed by atoms with van der Waals surface area (Å²) in [4.78, 5) is 3.74. The molecule has 1 aliphatic heterocycles. The van der Waals surface area contributed by atoms with Gasteiger partial charge in [0, 0.05) is 11.4 Å². The van der Waals surface area contributed by atoms with Crippen LogP contribution in [0.5, 0.6) is 0 Å². The minimum atomic E-state index is 0.419. The quantitative estimate of drug-likeness (QED) is 0.661. The molecular formula is C11H13NS. The maximum Gasteiger partial charge on any atom is 0.0980 e. The first-order chi connectivity index (χ1) is 6.36. The molecule has 2 rings (SSSR count). The van der Waals surface area contributed by atoms with Gasteiger partial charge in [-0.1, -0.05) is 30.0 Å². The van der Waals surface area contributed by atoms with E-state index in [0.29, 0.717) is 5.37 Å². The Hall–Kier alpha value is -0.890. The van der Waals surface area contributed by atoms with Gasteiger partial charge in [-0.25, -0.2) is 0 Å². The van der Waals surface area contributed by atoms with Crippen LogP contribution in [0.3, 0.4) is 0 Å². The minimum Gasteiger partial charge on any atom is -0.355 e. The molecule has 0 saturated carbocycles. The molecule has 1 unspecified atom stereocenters. The molecular weight excluding hydrogens is 178 g/mol. The topological polar surface area (TPSA) is 3.24 Å². The lowest BCUT2D eigenvalue weighted by molar-refractivity contribution is 0.879. The number of rotatable bonds is 2. The number of nitrogens with zero attached hydrogens (tertiary/aromatic N) is 1. The zero-order chi connectivity index (χ0) is 9.26. The van der Waals surface area contributed by atoms with Gasteiger partial charge in [0.25, 0.3) is 0 Å². The normalized spacial score (nSPS) is 20.1. The van der Waals surface area contributed by atoms with Crippen LogP contribution in [0, 0.1) is 0 Å². The average molecular weight is 191 g/mol. The third kappa shape index (κ3) is 1.35. The summed E-state index contributed by atoms with van der Waals surface area (Å²) in [5.74, 6) is 0. The lowest BCUT2D eigenvalue weighted by atomic mass is 10.3. The second-order valence-corrected chi connectivity index (χ2v) is 4.16. The number of likely N-dealkylation sites (N-methyl/N-ethyl adjacent to an activating group) is 1. The van der Waals surface area contributed by atoms with Crippen molar-refractivity contribution in [1.82, 2.24) is 0 Å². The van der Waals surface area contributed by atoms with Gasteiger partial charge >= 0.3 is 0 Å². The van der Waals surface area contributed by atoms with E-state index in [4.69, 9.17) is 0 Å². The standard InChI is InChI=1S/C11H13NS/c1-3-11-12(4-2)9-7-5-6-8-10(9)13-11/h3,5-8,11H,1,4H2,2H3. The highest BCUT2D eigenvalue weighted by Crippen LogP contribution is 2.43. The Morgan fingerprint density at radius 3 is 3.00 bits per heavy atom. The van der Waals surface area contributed by atoms with Crippen LogP contribution in [-0.2, 0) is 0 Å². The molecule has 0 aromatic heterocycles. The van der Waals surface area contributed by atoms with Gasteiger partial charge in [-0.05, 0) is 19.1 Å². The Morgan fingerprint density at radius 2 is 2.31 bits per heavy atom.